The lowest BCUT2D eigenvalue weighted by atomic mass is 9.95. The van der Waals surface area contributed by atoms with Crippen LogP contribution >= 0.6 is 0 Å². The van der Waals surface area contributed by atoms with Crippen LogP contribution in [0.1, 0.15) is 35.2 Å². The number of nitrogens with one attached hydrogen (secondary N) is 1. The normalized spacial score (nSPS) is 14.3. The van der Waals surface area contributed by atoms with Gasteiger partial charge in [-0.2, -0.15) is 18.3 Å². The maximum absolute atomic E-state index is 12.7. The molecule has 0 saturated carbocycles. The number of halogens is 3. The highest BCUT2D eigenvalue weighted by atomic mass is 32.2. The van der Waals surface area contributed by atoms with Crippen molar-refractivity contribution in [2.24, 2.45) is 0 Å². The lowest BCUT2D eigenvalue weighted by Gasteiger charge is -2.14. The Labute approximate surface area is 184 Å². The third-order valence-electron chi connectivity index (χ3n) is 5.45. The van der Waals surface area contributed by atoms with Gasteiger partial charge in [-0.15, -0.1) is 0 Å². The van der Waals surface area contributed by atoms with Crippen LogP contribution in [0, 0.1) is 0 Å². The van der Waals surface area contributed by atoms with Crippen LogP contribution in [0.15, 0.2) is 48.7 Å². The molecule has 1 N–H and O–H groups in total. The summed E-state index contributed by atoms with van der Waals surface area (Å²) in [4.78, 5) is 4.40. The summed E-state index contributed by atoms with van der Waals surface area (Å²) in [5.41, 5.74) is 3.40. The van der Waals surface area contributed by atoms with Gasteiger partial charge in [0.25, 0.3) is 0 Å². The summed E-state index contributed by atoms with van der Waals surface area (Å²) in [5.74, 6) is -0.387. The minimum absolute atomic E-state index is 0.138. The maximum Gasteiger partial charge on any atom is 0.416 e. The molecule has 32 heavy (non-hydrogen) atoms. The average molecular weight is 465 g/mol. The van der Waals surface area contributed by atoms with Crippen LogP contribution in [-0.4, -0.2) is 29.7 Å². The van der Waals surface area contributed by atoms with Gasteiger partial charge in [-0.1, -0.05) is 18.2 Å². The lowest BCUT2D eigenvalue weighted by Crippen LogP contribution is -2.29. The lowest BCUT2D eigenvalue weighted by molar-refractivity contribution is -0.137. The highest BCUT2D eigenvalue weighted by molar-refractivity contribution is 7.88. The molecule has 0 spiro atoms. The largest absolute Gasteiger partial charge is 0.416 e. The van der Waals surface area contributed by atoms with Crippen LogP contribution in [-0.2, 0) is 41.3 Å². The van der Waals surface area contributed by atoms with Gasteiger partial charge in [0.2, 0.25) is 10.0 Å². The molecular formula is C22H23F3N4O2S. The Hall–Kier alpha value is -2.72. The Morgan fingerprint density at radius 3 is 2.47 bits per heavy atom. The molecule has 0 saturated heterocycles. The fourth-order valence-electron chi connectivity index (χ4n) is 3.93. The number of fused-ring (bicyclic) bond motifs is 1. The molecular weight excluding hydrogens is 441 g/mol. The van der Waals surface area contributed by atoms with Gasteiger partial charge < -0.3 is 0 Å². The van der Waals surface area contributed by atoms with E-state index in [4.69, 9.17) is 5.10 Å². The fraction of sp³-hybridized carbons (Fsp3) is 0.364. The second-order valence-electron chi connectivity index (χ2n) is 7.77. The van der Waals surface area contributed by atoms with E-state index >= 15 is 0 Å². The first-order chi connectivity index (χ1) is 15.2. The maximum atomic E-state index is 12.7. The van der Waals surface area contributed by atoms with Crippen LogP contribution in [0.25, 0.3) is 11.4 Å². The Morgan fingerprint density at radius 2 is 1.78 bits per heavy atom. The van der Waals surface area contributed by atoms with E-state index in [-0.39, 0.29) is 12.3 Å². The zero-order valence-electron chi connectivity index (χ0n) is 17.3. The molecule has 10 heteroatoms. The van der Waals surface area contributed by atoms with E-state index in [1.807, 2.05) is 22.9 Å². The predicted octanol–water partition coefficient (Wildman–Crippen LogP) is 3.96. The van der Waals surface area contributed by atoms with Gasteiger partial charge >= 0.3 is 6.18 Å². The number of aromatic nitrogens is 3. The summed E-state index contributed by atoms with van der Waals surface area (Å²) in [5, 5.41) is 4.71. The molecule has 1 aliphatic rings. The van der Waals surface area contributed by atoms with Crippen molar-refractivity contribution >= 4 is 10.0 Å². The molecule has 1 aliphatic carbocycles. The van der Waals surface area contributed by atoms with Gasteiger partial charge in [0.1, 0.15) is 5.69 Å². The highest BCUT2D eigenvalue weighted by Gasteiger charge is 2.30. The van der Waals surface area contributed by atoms with E-state index in [1.165, 1.54) is 17.7 Å². The quantitative estimate of drug-likeness (QED) is 0.574. The van der Waals surface area contributed by atoms with Gasteiger partial charge in [-0.25, -0.2) is 13.1 Å². The van der Waals surface area contributed by atoms with Crippen molar-refractivity contribution in [3.63, 3.8) is 0 Å². The Balaban J connectivity index is 1.42. The number of benzene rings is 1. The molecule has 0 fully saturated rings. The number of alkyl halides is 3. The average Bonchev–Trinajstić information content (AvgIpc) is 3.12. The van der Waals surface area contributed by atoms with Crippen LogP contribution in [0.3, 0.4) is 0 Å². The minimum Gasteiger partial charge on any atom is -0.267 e. The molecule has 6 nitrogen and oxygen atoms in total. The van der Waals surface area contributed by atoms with E-state index < -0.39 is 21.8 Å². The number of sulfonamides is 1. The molecule has 170 valence electrons. The summed E-state index contributed by atoms with van der Waals surface area (Å²) in [6.07, 6.45) is 1.21. The van der Waals surface area contributed by atoms with Crippen molar-refractivity contribution in [3.05, 3.63) is 71.0 Å². The van der Waals surface area contributed by atoms with E-state index in [2.05, 4.69) is 9.71 Å². The molecule has 2 aromatic heterocycles. The monoisotopic (exact) mass is 464 g/mol. The van der Waals surface area contributed by atoms with Crippen molar-refractivity contribution in [1.82, 2.24) is 19.5 Å². The smallest absolute Gasteiger partial charge is 0.267 e. The summed E-state index contributed by atoms with van der Waals surface area (Å²) in [6, 6.07) is 9.81. The molecule has 3 aromatic rings. The van der Waals surface area contributed by atoms with Gasteiger partial charge in [0.05, 0.1) is 23.6 Å². The molecule has 0 unspecified atom stereocenters. The first-order valence-electron chi connectivity index (χ1n) is 10.4. The zero-order valence-corrected chi connectivity index (χ0v) is 18.1. The molecule has 4 rings (SSSR count). The fourth-order valence-corrected chi connectivity index (χ4v) is 5.07. The van der Waals surface area contributed by atoms with E-state index in [9.17, 15) is 21.6 Å². The van der Waals surface area contributed by atoms with Crippen LogP contribution in [0.2, 0.25) is 0 Å². The number of rotatable bonds is 7. The standard InChI is InChI=1S/C22H23F3N4O2S/c23-22(24,25)17-10-8-16(9-11-17)15-32(30,31)27-13-14-29-20-7-2-1-5-18(20)21(28-29)19-6-3-4-12-26-19/h3-4,6,8-12,27H,1-2,5,7,13-15H2. The van der Waals surface area contributed by atoms with Crippen LogP contribution in [0.5, 0.6) is 0 Å². The Morgan fingerprint density at radius 1 is 1.03 bits per heavy atom. The Bertz CT molecular complexity index is 1170. The summed E-state index contributed by atoms with van der Waals surface area (Å²) < 4.78 is 67.2. The second kappa shape index (κ2) is 9.03. The van der Waals surface area contributed by atoms with Crippen molar-refractivity contribution in [1.29, 1.82) is 0 Å². The van der Waals surface area contributed by atoms with Crippen molar-refractivity contribution in [2.75, 3.05) is 6.54 Å². The van der Waals surface area contributed by atoms with Crippen molar-refractivity contribution < 1.29 is 21.6 Å². The van der Waals surface area contributed by atoms with Gasteiger partial charge in [0, 0.05) is 24.0 Å². The zero-order chi connectivity index (χ0) is 22.8. The third kappa shape index (κ3) is 5.18. The molecule has 0 amide bonds. The summed E-state index contributed by atoms with van der Waals surface area (Å²) in [6.45, 7) is 0.500. The minimum atomic E-state index is -4.45. The number of hydrogen-bond donors (Lipinski definition) is 1. The predicted molar refractivity (Wildman–Crippen MR) is 114 cm³/mol. The first kappa shape index (κ1) is 22.5. The molecule has 0 atom stereocenters. The number of hydrogen-bond acceptors (Lipinski definition) is 4. The highest BCUT2D eigenvalue weighted by Crippen LogP contribution is 2.30. The topological polar surface area (TPSA) is 76.9 Å². The SMILES string of the molecule is O=S(=O)(Cc1ccc(C(F)(F)F)cc1)NCCn1nc(-c2ccccn2)c2c1CCCC2. The van der Waals surface area contributed by atoms with E-state index in [1.54, 1.807) is 6.20 Å². The molecule has 0 radical (unpaired) electrons. The van der Waals surface area contributed by atoms with E-state index in [0.717, 1.165) is 54.9 Å². The number of nitrogens with zero attached hydrogens (tertiary/aromatic N) is 3. The van der Waals surface area contributed by atoms with Gasteiger partial charge in [0.15, 0.2) is 0 Å². The van der Waals surface area contributed by atoms with Gasteiger partial charge in [-0.05, 0) is 55.5 Å². The molecule has 1 aromatic carbocycles. The molecule has 0 aliphatic heterocycles. The molecule has 0 bridgehead atoms. The van der Waals surface area contributed by atoms with E-state index in [0.29, 0.717) is 12.1 Å². The summed E-state index contributed by atoms with van der Waals surface area (Å²) >= 11 is 0. The molecule has 2 heterocycles. The second-order valence-corrected chi connectivity index (χ2v) is 9.57. The first-order valence-corrected chi connectivity index (χ1v) is 12.0. The van der Waals surface area contributed by atoms with Gasteiger partial charge in [-0.3, -0.25) is 9.67 Å². The van der Waals surface area contributed by atoms with Crippen LogP contribution in [0.4, 0.5) is 13.2 Å². The van der Waals surface area contributed by atoms with Crippen molar-refractivity contribution in [2.45, 2.75) is 44.2 Å². The summed E-state index contributed by atoms with van der Waals surface area (Å²) in [7, 11) is -3.70. The third-order valence-corrected chi connectivity index (χ3v) is 6.81. The van der Waals surface area contributed by atoms with Crippen LogP contribution < -0.4 is 4.72 Å². The van der Waals surface area contributed by atoms with Crippen molar-refractivity contribution in [3.8, 4) is 11.4 Å². The number of pyridine rings is 1. The Kier molecular flexibility index (Phi) is 6.34.